The first-order valence-corrected chi connectivity index (χ1v) is 9.18. The number of halogens is 2. The largest absolute Gasteiger partial charge is 0.270 e. The van der Waals surface area contributed by atoms with Gasteiger partial charge >= 0.3 is 0 Å². The van der Waals surface area contributed by atoms with Crippen molar-refractivity contribution < 1.29 is 8.78 Å². The minimum Gasteiger partial charge on any atom is -0.270 e. The van der Waals surface area contributed by atoms with Crippen molar-refractivity contribution in [3.63, 3.8) is 0 Å². The van der Waals surface area contributed by atoms with Gasteiger partial charge in [0.25, 0.3) is 0 Å². The first-order chi connectivity index (χ1) is 13.2. The fourth-order valence-electron chi connectivity index (χ4n) is 2.70. The van der Waals surface area contributed by atoms with Crippen molar-refractivity contribution in [1.29, 1.82) is 0 Å². The summed E-state index contributed by atoms with van der Waals surface area (Å²) in [5.41, 5.74) is 2.27. The van der Waals surface area contributed by atoms with Gasteiger partial charge in [-0.25, -0.2) is 8.78 Å². The molecule has 2 aromatic heterocycles. The van der Waals surface area contributed by atoms with Gasteiger partial charge in [-0.1, -0.05) is 30.0 Å². The Hall–Kier alpha value is -3.06. The number of pyridine rings is 1. The molecule has 4 nitrogen and oxygen atoms in total. The highest BCUT2D eigenvalue weighted by Gasteiger charge is 2.16. The lowest BCUT2D eigenvalue weighted by atomic mass is 10.2. The molecule has 0 radical (unpaired) electrons. The Labute approximate surface area is 158 Å². The fourth-order valence-corrected chi connectivity index (χ4v) is 3.58. The van der Waals surface area contributed by atoms with E-state index < -0.39 is 11.6 Å². The zero-order valence-electron chi connectivity index (χ0n) is 14.1. The first-order valence-electron chi connectivity index (χ1n) is 8.20. The molecular weight excluding hydrogens is 366 g/mol. The summed E-state index contributed by atoms with van der Waals surface area (Å²) in [6.45, 7) is 0. The molecule has 0 fully saturated rings. The zero-order chi connectivity index (χ0) is 18.6. The molecule has 4 rings (SSSR count). The van der Waals surface area contributed by atoms with Crippen LogP contribution in [-0.4, -0.2) is 19.7 Å². The predicted molar refractivity (Wildman–Crippen MR) is 101 cm³/mol. The number of thioether (sulfide) groups is 1. The van der Waals surface area contributed by atoms with E-state index in [0.717, 1.165) is 17.3 Å². The number of para-hydroxylation sites is 1. The van der Waals surface area contributed by atoms with Gasteiger partial charge in [0.15, 0.2) is 11.0 Å². The second-order valence-corrected chi connectivity index (χ2v) is 6.73. The molecule has 0 bridgehead atoms. The Morgan fingerprint density at radius 2 is 1.67 bits per heavy atom. The van der Waals surface area contributed by atoms with Crippen LogP contribution in [0.25, 0.3) is 17.1 Å². The molecule has 2 heterocycles. The van der Waals surface area contributed by atoms with Crippen LogP contribution >= 0.6 is 11.8 Å². The number of hydrogen-bond donors (Lipinski definition) is 0. The van der Waals surface area contributed by atoms with Gasteiger partial charge in [0.1, 0.15) is 11.6 Å². The Balaban J connectivity index is 1.71. The molecule has 4 aromatic rings. The molecule has 0 aliphatic carbocycles. The van der Waals surface area contributed by atoms with Crippen molar-refractivity contribution in [3.8, 4) is 17.1 Å². The minimum atomic E-state index is -0.592. The van der Waals surface area contributed by atoms with Crippen molar-refractivity contribution in [2.45, 2.75) is 10.9 Å². The van der Waals surface area contributed by atoms with Gasteiger partial charge in [-0.15, -0.1) is 10.2 Å². The lowest BCUT2D eigenvalue weighted by molar-refractivity contribution is 0.581. The Bertz CT molecular complexity index is 1030. The fraction of sp³-hybridized carbons (Fsp3) is 0.0500. The summed E-state index contributed by atoms with van der Waals surface area (Å²) in [6, 6.07) is 16.9. The lowest BCUT2D eigenvalue weighted by Crippen LogP contribution is -2.00. The monoisotopic (exact) mass is 380 g/mol. The van der Waals surface area contributed by atoms with Gasteiger partial charge in [0, 0.05) is 35.5 Å². The van der Waals surface area contributed by atoms with Gasteiger partial charge in [-0.3, -0.25) is 9.55 Å². The van der Waals surface area contributed by atoms with Crippen molar-refractivity contribution in [2.75, 3.05) is 0 Å². The number of aromatic nitrogens is 4. The Morgan fingerprint density at radius 1 is 0.889 bits per heavy atom. The van der Waals surface area contributed by atoms with Gasteiger partial charge in [-0.2, -0.15) is 0 Å². The molecule has 0 aliphatic rings. The summed E-state index contributed by atoms with van der Waals surface area (Å²) in [5.74, 6) is -0.160. The molecule has 0 spiro atoms. The third kappa shape index (κ3) is 3.88. The predicted octanol–water partition coefficient (Wildman–Crippen LogP) is 4.90. The molecule has 134 valence electrons. The van der Waals surface area contributed by atoms with E-state index in [-0.39, 0.29) is 0 Å². The molecule has 0 N–H and O–H groups in total. The van der Waals surface area contributed by atoms with Crippen LogP contribution in [0.1, 0.15) is 5.56 Å². The highest BCUT2D eigenvalue weighted by atomic mass is 32.2. The van der Waals surface area contributed by atoms with Crippen molar-refractivity contribution in [2.24, 2.45) is 0 Å². The van der Waals surface area contributed by atoms with Crippen LogP contribution in [0.15, 0.2) is 78.2 Å². The number of benzene rings is 2. The molecule has 7 heteroatoms. The maximum absolute atomic E-state index is 13.4. The number of hydrogen-bond acceptors (Lipinski definition) is 4. The van der Waals surface area contributed by atoms with Crippen LogP contribution in [-0.2, 0) is 5.75 Å². The van der Waals surface area contributed by atoms with E-state index in [1.807, 2.05) is 47.0 Å². The standard InChI is InChI=1S/C20H14F2N4S/c21-16-9-14(10-17(22)11-16)13-27-20-25-24-19(15-5-4-8-23-12-15)26(20)18-6-2-1-3-7-18/h1-12H,13H2. The van der Waals surface area contributed by atoms with E-state index in [2.05, 4.69) is 15.2 Å². The van der Waals surface area contributed by atoms with Crippen molar-refractivity contribution in [3.05, 3.63) is 90.3 Å². The van der Waals surface area contributed by atoms with Crippen molar-refractivity contribution in [1.82, 2.24) is 19.7 Å². The van der Waals surface area contributed by atoms with Gasteiger partial charge in [0.05, 0.1) is 0 Å². The summed E-state index contributed by atoms with van der Waals surface area (Å²) >= 11 is 1.36. The summed E-state index contributed by atoms with van der Waals surface area (Å²) in [7, 11) is 0. The summed E-state index contributed by atoms with van der Waals surface area (Å²) in [5, 5.41) is 9.23. The molecule has 27 heavy (non-hydrogen) atoms. The van der Waals surface area contributed by atoms with E-state index in [0.29, 0.717) is 22.3 Å². The maximum atomic E-state index is 13.4. The highest BCUT2D eigenvalue weighted by molar-refractivity contribution is 7.98. The molecule has 0 amide bonds. The van der Waals surface area contributed by atoms with Crippen LogP contribution in [0.2, 0.25) is 0 Å². The summed E-state index contributed by atoms with van der Waals surface area (Å²) < 4.78 is 28.8. The van der Waals surface area contributed by atoms with E-state index >= 15 is 0 Å². The average Bonchev–Trinajstić information content (AvgIpc) is 3.11. The molecule has 0 atom stereocenters. The number of nitrogens with zero attached hydrogens (tertiary/aromatic N) is 4. The van der Waals surface area contributed by atoms with Gasteiger partial charge in [0.2, 0.25) is 0 Å². The van der Waals surface area contributed by atoms with Crippen molar-refractivity contribution >= 4 is 11.8 Å². The van der Waals surface area contributed by atoms with E-state index in [1.54, 1.807) is 12.4 Å². The van der Waals surface area contributed by atoms with Gasteiger partial charge < -0.3 is 0 Å². The van der Waals surface area contributed by atoms with E-state index in [4.69, 9.17) is 0 Å². The maximum Gasteiger partial charge on any atom is 0.196 e. The normalized spacial score (nSPS) is 10.9. The third-order valence-electron chi connectivity index (χ3n) is 3.86. The summed E-state index contributed by atoms with van der Waals surface area (Å²) in [4.78, 5) is 4.15. The third-order valence-corrected chi connectivity index (χ3v) is 4.86. The molecule has 0 saturated heterocycles. The van der Waals surface area contributed by atoms with E-state index in [9.17, 15) is 8.78 Å². The molecule has 0 aliphatic heterocycles. The molecule has 2 aromatic carbocycles. The second kappa shape index (κ2) is 7.67. The highest BCUT2D eigenvalue weighted by Crippen LogP contribution is 2.29. The average molecular weight is 380 g/mol. The van der Waals surface area contributed by atoms with Crippen LogP contribution in [0.4, 0.5) is 8.78 Å². The minimum absolute atomic E-state index is 0.368. The number of rotatable bonds is 5. The lowest BCUT2D eigenvalue weighted by Gasteiger charge is -2.10. The van der Waals surface area contributed by atoms with Crippen LogP contribution in [0, 0.1) is 11.6 Å². The first kappa shape index (κ1) is 17.4. The van der Waals surface area contributed by atoms with Crippen LogP contribution < -0.4 is 0 Å². The smallest absolute Gasteiger partial charge is 0.196 e. The molecular formula is C20H14F2N4S. The topological polar surface area (TPSA) is 43.6 Å². The zero-order valence-corrected chi connectivity index (χ0v) is 14.9. The second-order valence-electron chi connectivity index (χ2n) is 5.79. The van der Waals surface area contributed by atoms with Crippen LogP contribution in [0.5, 0.6) is 0 Å². The van der Waals surface area contributed by atoms with E-state index in [1.165, 1.54) is 23.9 Å². The molecule has 0 unspecified atom stereocenters. The Morgan fingerprint density at radius 3 is 2.37 bits per heavy atom. The van der Waals surface area contributed by atoms with Gasteiger partial charge in [-0.05, 0) is 42.0 Å². The SMILES string of the molecule is Fc1cc(F)cc(CSc2nnc(-c3cccnc3)n2-c2ccccc2)c1. The molecule has 0 saturated carbocycles. The quantitative estimate of drug-likeness (QED) is 0.462. The Kier molecular flexibility index (Phi) is 4.93. The van der Waals surface area contributed by atoms with Crippen LogP contribution in [0.3, 0.4) is 0 Å². The summed E-state index contributed by atoms with van der Waals surface area (Å²) in [6.07, 6.45) is 3.42.